The topological polar surface area (TPSA) is 69.0 Å². The van der Waals surface area contributed by atoms with Crippen LogP contribution in [-0.4, -0.2) is 44.9 Å². The van der Waals surface area contributed by atoms with Gasteiger partial charge in [-0.3, -0.25) is 0 Å². The first-order valence-electron chi connectivity index (χ1n) is 11.8. The van der Waals surface area contributed by atoms with Crippen LogP contribution < -0.4 is 4.90 Å². The van der Waals surface area contributed by atoms with Crippen LogP contribution in [0.4, 0.5) is 5.82 Å². The minimum atomic E-state index is 0.259. The number of aryl methyl sites for hydroxylation is 1. The van der Waals surface area contributed by atoms with E-state index in [0.717, 1.165) is 48.8 Å². The third-order valence-electron chi connectivity index (χ3n) is 6.11. The van der Waals surface area contributed by atoms with Crippen molar-refractivity contribution in [2.75, 3.05) is 25.1 Å². The van der Waals surface area contributed by atoms with Crippen molar-refractivity contribution < 1.29 is 4.74 Å². The van der Waals surface area contributed by atoms with E-state index in [1.54, 1.807) is 17.1 Å². The molecule has 0 aliphatic heterocycles. The number of fused-ring (bicyclic) bond motifs is 1. The molecule has 0 bridgehead atoms. The molecule has 0 N–H and O–H groups in total. The SMILES string of the molecule is C=C/C=C(\C(=C/C)OCCCN(C)c1nc(Cl)nc2c1CCC2c1ccccc1)n1cnc(C)n1. The predicted molar refractivity (Wildman–Crippen MR) is 140 cm³/mol. The minimum absolute atomic E-state index is 0.259. The van der Waals surface area contributed by atoms with Gasteiger partial charge in [-0.1, -0.05) is 43.0 Å². The van der Waals surface area contributed by atoms with Crippen LogP contribution in [0.15, 0.2) is 67.2 Å². The van der Waals surface area contributed by atoms with Crippen LogP contribution in [0.2, 0.25) is 5.28 Å². The first kappa shape index (κ1) is 24.7. The van der Waals surface area contributed by atoms with Crippen molar-refractivity contribution in [2.45, 2.75) is 39.0 Å². The fraction of sp³-hybridized carbons (Fsp3) is 0.333. The van der Waals surface area contributed by atoms with E-state index in [0.29, 0.717) is 17.7 Å². The Bertz CT molecular complexity index is 1230. The molecule has 2 heterocycles. The number of halogens is 1. The fourth-order valence-corrected chi connectivity index (χ4v) is 4.65. The first-order valence-corrected chi connectivity index (χ1v) is 12.2. The molecule has 35 heavy (non-hydrogen) atoms. The molecule has 8 heteroatoms. The second-order valence-electron chi connectivity index (χ2n) is 8.48. The quantitative estimate of drug-likeness (QED) is 0.160. The summed E-state index contributed by atoms with van der Waals surface area (Å²) in [7, 11) is 2.05. The van der Waals surface area contributed by atoms with Crippen LogP contribution in [0, 0.1) is 6.92 Å². The minimum Gasteiger partial charge on any atom is -0.492 e. The van der Waals surface area contributed by atoms with Gasteiger partial charge in [-0.05, 0) is 62.4 Å². The van der Waals surface area contributed by atoms with E-state index in [-0.39, 0.29) is 5.92 Å². The average Bonchev–Trinajstić information content (AvgIpc) is 3.49. The van der Waals surface area contributed by atoms with E-state index in [1.165, 1.54) is 11.1 Å². The summed E-state index contributed by atoms with van der Waals surface area (Å²) in [6, 6.07) is 10.5. The van der Waals surface area contributed by atoms with Crippen molar-refractivity contribution in [3.05, 3.63) is 95.2 Å². The Labute approximate surface area is 211 Å². The van der Waals surface area contributed by atoms with Crippen LogP contribution in [0.25, 0.3) is 5.70 Å². The van der Waals surface area contributed by atoms with Gasteiger partial charge in [0.05, 0.1) is 12.3 Å². The number of ether oxygens (including phenoxy) is 1. The summed E-state index contributed by atoms with van der Waals surface area (Å²) < 4.78 is 7.82. The molecule has 1 unspecified atom stereocenters. The van der Waals surface area contributed by atoms with E-state index >= 15 is 0 Å². The molecule has 0 spiro atoms. The molecule has 0 radical (unpaired) electrons. The average molecular weight is 491 g/mol. The molecule has 1 atom stereocenters. The van der Waals surface area contributed by atoms with Gasteiger partial charge in [0, 0.05) is 25.1 Å². The Morgan fingerprint density at radius 2 is 2.09 bits per heavy atom. The van der Waals surface area contributed by atoms with Gasteiger partial charge in [0.15, 0.2) is 0 Å². The van der Waals surface area contributed by atoms with E-state index in [2.05, 4.69) is 55.8 Å². The Hall–Kier alpha value is -3.45. The summed E-state index contributed by atoms with van der Waals surface area (Å²) in [6.07, 6.45) is 9.95. The van der Waals surface area contributed by atoms with Gasteiger partial charge in [0.1, 0.15) is 29.4 Å². The zero-order valence-corrected chi connectivity index (χ0v) is 21.2. The fourth-order valence-electron chi connectivity index (χ4n) is 4.48. The number of nitrogens with zero attached hydrogens (tertiary/aromatic N) is 6. The highest BCUT2D eigenvalue weighted by molar-refractivity contribution is 6.28. The van der Waals surface area contributed by atoms with Crippen LogP contribution in [0.1, 0.15) is 48.3 Å². The highest BCUT2D eigenvalue weighted by Gasteiger charge is 2.30. The molecule has 2 aromatic heterocycles. The zero-order chi connectivity index (χ0) is 24.8. The third kappa shape index (κ3) is 5.62. The molecule has 1 aliphatic rings. The summed E-state index contributed by atoms with van der Waals surface area (Å²) in [5.41, 5.74) is 4.31. The van der Waals surface area contributed by atoms with E-state index in [4.69, 9.17) is 16.3 Å². The zero-order valence-electron chi connectivity index (χ0n) is 20.5. The van der Waals surface area contributed by atoms with E-state index in [1.807, 2.05) is 39.1 Å². The van der Waals surface area contributed by atoms with Crippen LogP contribution in [0.5, 0.6) is 0 Å². The Balaban J connectivity index is 1.41. The largest absolute Gasteiger partial charge is 0.492 e. The molecule has 4 rings (SSSR count). The van der Waals surface area contributed by atoms with Crippen molar-refractivity contribution >= 4 is 23.1 Å². The predicted octanol–water partition coefficient (Wildman–Crippen LogP) is 5.58. The van der Waals surface area contributed by atoms with Gasteiger partial charge in [-0.25, -0.2) is 19.6 Å². The molecule has 1 aromatic carbocycles. The van der Waals surface area contributed by atoms with Gasteiger partial charge in [0.2, 0.25) is 5.28 Å². The van der Waals surface area contributed by atoms with Gasteiger partial charge >= 0.3 is 0 Å². The molecule has 182 valence electrons. The second-order valence-corrected chi connectivity index (χ2v) is 8.82. The summed E-state index contributed by atoms with van der Waals surface area (Å²) in [5.74, 6) is 2.60. The van der Waals surface area contributed by atoms with Crippen molar-refractivity contribution in [3.63, 3.8) is 0 Å². The molecular weight excluding hydrogens is 460 g/mol. The van der Waals surface area contributed by atoms with Crippen LogP contribution >= 0.6 is 11.6 Å². The van der Waals surface area contributed by atoms with Gasteiger partial charge in [0.25, 0.3) is 0 Å². The molecule has 3 aromatic rings. The number of allylic oxidation sites excluding steroid dienone is 4. The normalized spacial score (nSPS) is 15.7. The maximum atomic E-state index is 6.36. The Morgan fingerprint density at radius 1 is 1.29 bits per heavy atom. The lowest BCUT2D eigenvalue weighted by Gasteiger charge is -2.22. The number of aromatic nitrogens is 5. The van der Waals surface area contributed by atoms with Crippen molar-refractivity contribution in [3.8, 4) is 0 Å². The van der Waals surface area contributed by atoms with Crippen molar-refractivity contribution in [1.29, 1.82) is 0 Å². The molecule has 0 saturated carbocycles. The Morgan fingerprint density at radius 3 is 2.77 bits per heavy atom. The highest BCUT2D eigenvalue weighted by atomic mass is 35.5. The monoisotopic (exact) mass is 490 g/mol. The molecular formula is C27H31ClN6O. The van der Waals surface area contributed by atoms with E-state index in [9.17, 15) is 0 Å². The second kappa shape index (κ2) is 11.3. The van der Waals surface area contributed by atoms with Gasteiger partial charge in [-0.2, -0.15) is 5.10 Å². The molecule has 0 saturated heterocycles. The number of benzene rings is 1. The Kier molecular flexibility index (Phi) is 7.98. The van der Waals surface area contributed by atoms with Crippen molar-refractivity contribution in [1.82, 2.24) is 24.7 Å². The number of hydrogen-bond acceptors (Lipinski definition) is 6. The lowest BCUT2D eigenvalue weighted by molar-refractivity contribution is 0.222. The molecule has 0 amide bonds. The van der Waals surface area contributed by atoms with E-state index < -0.39 is 0 Å². The summed E-state index contributed by atoms with van der Waals surface area (Å²) in [6.45, 7) is 8.92. The number of hydrogen-bond donors (Lipinski definition) is 0. The van der Waals surface area contributed by atoms with Crippen molar-refractivity contribution in [2.24, 2.45) is 0 Å². The summed E-state index contributed by atoms with van der Waals surface area (Å²) in [5, 5.41) is 4.69. The first-order chi connectivity index (χ1) is 17.0. The maximum absolute atomic E-state index is 6.36. The van der Waals surface area contributed by atoms with Gasteiger partial charge < -0.3 is 9.64 Å². The lowest BCUT2D eigenvalue weighted by atomic mass is 9.97. The number of rotatable bonds is 10. The molecule has 1 aliphatic carbocycles. The van der Waals surface area contributed by atoms with Gasteiger partial charge in [-0.15, -0.1) is 0 Å². The highest BCUT2D eigenvalue weighted by Crippen LogP contribution is 2.40. The summed E-state index contributed by atoms with van der Waals surface area (Å²) in [4.78, 5) is 15.6. The summed E-state index contributed by atoms with van der Waals surface area (Å²) >= 11 is 6.36. The third-order valence-corrected chi connectivity index (χ3v) is 6.27. The smallest absolute Gasteiger partial charge is 0.224 e. The lowest BCUT2D eigenvalue weighted by Crippen LogP contribution is -2.23. The molecule has 0 fully saturated rings. The van der Waals surface area contributed by atoms with Crippen LogP contribution in [-0.2, 0) is 11.2 Å². The number of anilines is 1. The molecule has 7 nitrogen and oxygen atoms in total. The van der Waals surface area contributed by atoms with Crippen LogP contribution in [0.3, 0.4) is 0 Å². The maximum Gasteiger partial charge on any atom is 0.224 e. The standard InChI is InChI=1S/C27H31ClN6O/c1-5-11-23(34-18-29-19(3)32-34)24(6-2)35-17-10-16-33(4)26-22-15-14-21(20-12-8-7-9-13-20)25(22)30-27(28)31-26/h5-9,11-13,18,21H,1,10,14-17H2,2-4H3/b23-11+,24-6+.